The monoisotopic (exact) mass is 294 g/mol. The summed E-state index contributed by atoms with van der Waals surface area (Å²) in [4.78, 5) is 16.2. The first kappa shape index (κ1) is 14.0. The number of thiophene rings is 1. The molecule has 5 heteroatoms. The second-order valence-corrected chi connectivity index (χ2v) is 6.71. The van der Waals surface area contributed by atoms with E-state index in [0.717, 1.165) is 39.0 Å². The van der Waals surface area contributed by atoms with E-state index in [1.54, 1.807) is 11.3 Å². The van der Waals surface area contributed by atoms with Crippen molar-refractivity contribution in [3.05, 3.63) is 22.4 Å². The van der Waals surface area contributed by atoms with Crippen molar-refractivity contribution in [1.82, 2.24) is 10.2 Å². The van der Waals surface area contributed by atoms with Gasteiger partial charge in [-0.25, -0.2) is 4.79 Å². The molecular formula is C15H22N2O2S. The van der Waals surface area contributed by atoms with Gasteiger partial charge < -0.3 is 9.64 Å². The first-order chi connectivity index (χ1) is 9.74. The minimum absolute atomic E-state index is 0.0639. The molecule has 20 heavy (non-hydrogen) atoms. The lowest BCUT2D eigenvalue weighted by Crippen LogP contribution is -2.69. The van der Waals surface area contributed by atoms with Crippen LogP contribution < -0.4 is 5.32 Å². The van der Waals surface area contributed by atoms with Crippen molar-refractivity contribution < 1.29 is 9.53 Å². The molecule has 3 saturated heterocycles. The van der Waals surface area contributed by atoms with Crippen LogP contribution >= 0.6 is 11.3 Å². The highest BCUT2D eigenvalue weighted by Gasteiger charge is 2.52. The van der Waals surface area contributed by atoms with Crippen LogP contribution in [0, 0.1) is 5.92 Å². The van der Waals surface area contributed by atoms with Gasteiger partial charge in [0.1, 0.15) is 5.54 Å². The Bertz CT molecular complexity index is 454. The van der Waals surface area contributed by atoms with E-state index in [1.807, 2.05) is 6.92 Å². The molecule has 0 aromatic carbocycles. The van der Waals surface area contributed by atoms with Crippen molar-refractivity contribution in [3.63, 3.8) is 0 Å². The van der Waals surface area contributed by atoms with Gasteiger partial charge in [-0.1, -0.05) is 6.07 Å². The largest absolute Gasteiger partial charge is 0.465 e. The van der Waals surface area contributed by atoms with Crippen LogP contribution in [0.2, 0.25) is 0 Å². The van der Waals surface area contributed by atoms with Crippen molar-refractivity contribution >= 4 is 17.3 Å². The van der Waals surface area contributed by atoms with Crippen molar-refractivity contribution in [2.24, 2.45) is 5.92 Å². The fourth-order valence-electron chi connectivity index (χ4n) is 3.49. The summed E-state index contributed by atoms with van der Waals surface area (Å²) >= 11 is 1.73. The van der Waals surface area contributed by atoms with Gasteiger partial charge in [0.2, 0.25) is 0 Å². The summed E-state index contributed by atoms with van der Waals surface area (Å²) in [5, 5.41) is 5.62. The molecule has 0 radical (unpaired) electrons. The van der Waals surface area contributed by atoms with Gasteiger partial charge in [-0.3, -0.25) is 5.32 Å². The molecule has 3 fully saturated rings. The molecule has 4 rings (SSSR count). The van der Waals surface area contributed by atoms with Crippen LogP contribution in [0.1, 0.15) is 24.6 Å². The van der Waals surface area contributed by atoms with Gasteiger partial charge in [0.15, 0.2) is 0 Å². The maximum Gasteiger partial charge on any atom is 0.327 e. The molecule has 110 valence electrons. The Kier molecular flexibility index (Phi) is 4.10. The van der Waals surface area contributed by atoms with E-state index < -0.39 is 5.54 Å². The van der Waals surface area contributed by atoms with Gasteiger partial charge in [0, 0.05) is 18.0 Å². The highest BCUT2D eigenvalue weighted by Crippen LogP contribution is 2.37. The standard InChI is InChI=1S/C15H22N2O2S/c1-2-19-14(18)15(16-10-13-4-3-9-20-13)11-17-7-5-12(15)6-8-17/h3-4,9,12,16H,2,5-8,10-11H2,1H3. The van der Waals surface area contributed by atoms with Gasteiger partial charge in [-0.2, -0.15) is 0 Å². The second kappa shape index (κ2) is 5.84. The zero-order chi connectivity index (χ0) is 14.0. The lowest BCUT2D eigenvalue weighted by atomic mass is 9.72. The van der Waals surface area contributed by atoms with Crippen molar-refractivity contribution in [2.45, 2.75) is 31.8 Å². The van der Waals surface area contributed by atoms with Crippen LogP contribution in [-0.4, -0.2) is 42.6 Å². The Morgan fingerprint density at radius 2 is 2.35 bits per heavy atom. The number of fused-ring (bicyclic) bond motifs is 3. The van der Waals surface area contributed by atoms with Crippen LogP contribution in [0.4, 0.5) is 0 Å². The van der Waals surface area contributed by atoms with Crippen molar-refractivity contribution in [3.8, 4) is 0 Å². The van der Waals surface area contributed by atoms with Crippen LogP contribution in [-0.2, 0) is 16.1 Å². The number of carbonyl (C=O) groups is 1. The van der Waals surface area contributed by atoms with E-state index in [-0.39, 0.29) is 5.97 Å². The zero-order valence-corrected chi connectivity index (χ0v) is 12.7. The summed E-state index contributed by atoms with van der Waals surface area (Å²) < 4.78 is 5.38. The number of nitrogens with one attached hydrogen (secondary N) is 1. The molecule has 1 unspecified atom stereocenters. The van der Waals surface area contributed by atoms with Crippen LogP contribution in [0.15, 0.2) is 17.5 Å². The molecule has 1 aromatic heterocycles. The van der Waals surface area contributed by atoms with Crippen molar-refractivity contribution in [1.29, 1.82) is 0 Å². The predicted octanol–water partition coefficient (Wildman–Crippen LogP) is 1.87. The van der Waals surface area contributed by atoms with E-state index in [1.165, 1.54) is 4.88 Å². The minimum Gasteiger partial charge on any atom is -0.465 e. The molecule has 1 aromatic rings. The summed E-state index contributed by atoms with van der Waals surface area (Å²) in [5.41, 5.74) is -0.503. The Morgan fingerprint density at radius 1 is 1.55 bits per heavy atom. The maximum atomic E-state index is 12.6. The lowest BCUT2D eigenvalue weighted by Gasteiger charge is -2.51. The number of hydrogen-bond donors (Lipinski definition) is 1. The number of piperidine rings is 3. The number of hydrogen-bond acceptors (Lipinski definition) is 5. The summed E-state index contributed by atoms with van der Waals surface area (Å²) in [6.07, 6.45) is 2.19. The summed E-state index contributed by atoms with van der Waals surface area (Å²) in [7, 11) is 0. The topological polar surface area (TPSA) is 41.6 Å². The average molecular weight is 294 g/mol. The van der Waals surface area contributed by atoms with Gasteiger partial charge in [0.05, 0.1) is 6.61 Å². The van der Waals surface area contributed by atoms with Crippen LogP contribution in [0.3, 0.4) is 0 Å². The highest BCUT2D eigenvalue weighted by atomic mass is 32.1. The molecule has 4 nitrogen and oxygen atoms in total. The van der Waals surface area contributed by atoms with Crippen LogP contribution in [0.25, 0.3) is 0 Å². The number of nitrogens with zero attached hydrogens (tertiary/aromatic N) is 1. The Balaban J connectivity index is 1.78. The summed E-state index contributed by atoms with van der Waals surface area (Å²) in [6.45, 7) is 6.11. The van der Waals surface area contributed by atoms with E-state index in [0.29, 0.717) is 12.5 Å². The molecule has 0 spiro atoms. The normalized spacial score (nSPS) is 32.2. The molecule has 2 bridgehead atoms. The third-order valence-corrected chi connectivity index (χ3v) is 5.43. The van der Waals surface area contributed by atoms with E-state index in [4.69, 9.17) is 4.74 Å². The lowest BCUT2D eigenvalue weighted by molar-refractivity contribution is -0.160. The molecule has 0 aliphatic carbocycles. The fourth-order valence-corrected chi connectivity index (χ4v) is 4.13. The molecule has 4 heterocycles. The number of esters is 1. The molecule has 0 amide bonds. The summed E-state index contributed by atoms with van der Waals surface area (Å²) in [5.74, 6) is 0.345. The van der Waals surface area contributed by atoms with Crippen molar-refractivity contribution in [2.75, 3.05) is 26.2 Å². The van der Waals surface area contributed by atoms with E-state index >= 15 is 0 Å². The molecule has 1 N–H and O–H groups in total. The molecule has 3 aliphatic rings. The first-order valence-electron chi connectivity index (χ1n) is 7.41. The smallest absolute Gasteiger partial charge is 0.327 e. The van der Waals surface area contributed by atoms with Gasteiger partial charge in [-0.15, -0.1) is 11.3 Å². The predicted molar refractivity (Wildman–Crippen MR) is 79.7 cm³/mol. The second-order valence-electron chi connectivity index (χ2n) is 5.68. The fraction of sp³-hybridized carbons (Fsp3) is 0.667. The minimum atomic E-state index is -0.503. The van der Waals surface area contributed by atoms with Crippen LogP contribution in [0.5, 0.6) is 0 Å². The van der Waals surface area contributed by atoms with E-state index in [2.05, 4.69) is 27.7 Å². The Labute approximate surface area is 124 Å². The first-order valence-corrected chi connectivity index (χ1v) is 8.29. The Hall–Kier alpha value is -0.910. The number of carbonyl (C=O) groups excluding carboxylic acids is 1. The zero-order valence-electron chi connectivity index (χ0n) is 11.9. The average Bonchev–Trinajstić information content (AvgIpc) is 3.00. The molecule has 1 atom stereocenters. The quantitative estimate of drug-likeness (QED) is 0.842. The number of ether oxygens (including phenoxy) is 1. The van der Waals surface area contributed by atoms with Gasteiger partial charge in [0.25, 0.3) is 0 Å². The number of rotatable bonds is 5. The molecule has 3 aliphatic heterocycles. The van der Waals surface area contributed by atoms with E-state index in [9.17, 15) is 4.79 Å². The van der Waals surface area contributed by atoms with Gasteiger partial charge in [-0.05, 0) is 50.2 Å². The highest BCUT2D eigenvalue weighted by molar-refractivity contribution is 7.09. The summed E-state index contributed by atoms with van der Waals surface area (Å²) in [6, 6.07) is 4.16. The third-order valence-electron chi connectivity index (χ3n) is 4.56. The Morgan fingerprint density at radius 3 is 2.90 bits per heavy atom. The molecular weight excluding hydrogens is 272 g/mol. The SMILES string of the molecule is CCOC(=O)C1(NCc2cccs2)CN2CCC1CC2. The maximum absolute atomic E-state index is 12.6. The molecule has 0 saturated carbocycles. The van der Waals surface area contributed by atoms with Gasteiger partial charge >= 0.3 is 5.97 Å². The third kappa shape index (κ3) is 2.50.